The van der Waals surface area contributed by atoms with Gasteiger partial charge in [-0.1, -0.05) is 38.1 Å². The van der Waals surface area contributed by atoms with Crippen molar-refractivity contribution in [2.45, 2.75) is 57.8 Å². The third-order valence-electron chi connectivity index (χ3n) is 6.82. The summed E-state index contributed by atoms with van der Waals surface area (Å²) in [6.45, 7) is 4.20. The average Bonchev–Trinajstić information content (AvgIpc) is 3.28. The number of nitrogens with one attached hydrogen (secondary N) is 1. The number of aliphatic hydroxyl groups excluding tert-OH is 2. The summed E-state index contributed by atoms with van der Waals surface area (Å²) in [6, 6.07) is 18.8. The van der Waals surface area contributed by atoms with Crippen LogP contribution in [0.1, 0.15) is 55.1 Å². The predicted octanol–water partition coefficient (Wildman–Crippen LogP) is 5.71. The van der Waals surface area contributed by atoms with Gasteiger partial charge in [-0.15, -0.1) is 0 Å². The number of amides is 1. The topological polar surface area (TPSA) is 125 Å². The Bertz CT molecular complexity index is 1470. The molecule has 2 aromatic heterocycles. The number of aliphatic hydroxyl groups is 2. The van der Waals surface area contributed by atoms with Crippen LogP contribution in [0.15, 0.2) is 79.1 Å². The highest BCUT2D eigenvalue weighted by Gasteiger charge is 2.31. The summed E-state index contributed by atoms with van der Waals surface area (Å²) >= 11 is 0. The molecule has 8 nitrogen and oxygen atoms in total. The van der Waals surface area contributed by atoms with Gasteiger partial charge in [-0.05, 0) is 66.8 Å². The van der Waals surface area contributed by atoms with Gasteiger partial charge in [0.25, 0.3) is 5.91 Å². The minimum absolute atomic E-state index is 0.104. The van der Waals surface area contributed by atoms with E-state index in [9.17, 15) is 24.2 Å². The Kier molecular flexibility index (Phi) is 9.65. The van der Waals surface area contributed by atoms with Crippen LogP contribution in [0.3, 0.4) is 0 Å². The minimum Gasteiger partial charge on any atom is -0.481 e. The summed E-state index contributed by atoms with van der Waals surface area (Å²) < 4.78 is 16.0. The van der Waals surface area contributed by atoms with E-state index in [1.54, 1.807) is 42.7 Å². The van der Waals surface area contributed by atoms with Gasteiger partial charge < -0.3 is 25.2 Å². The van der Waals surface area contributed by atoms with Crippen LogP contribution in [0.4, 0.5) is 10.1 Å². The molecule has 214 valence electrons. The first-order chi connectivity index (χ1) is 19.7. The third-order valence-corrected chi connectivity index (χ3v) is 6.82. The standard InChI is InChI=1S/C32H34FN3O5/c1-20(2)30-29(32(41)35-24-8-4-3-5-9-24)28(22-7-6-15-34-19-22)31(21-10-12-23(33)13-11-21)36(30)16-14-25(37)17-26(38)18-27(39)40/h3-13,15,19-20,25-26,37-38H,14,16-18H2,1-2H3,(H,35,41)(H,39,40)/t25-,26-/m1/s1. The fourth-order valence-electron chi connectivity index (χ4n) is 5.11. The zero-order valence-electron chi connectivity index (χ0n) is 23.0. The van der Waals surface area contributed by atoms with Crippen molar-refractivity contribution in [3.05, 3.63) is 96.2 Å². The molecule has 4 aromatic rings. The van der Waals surface area contributed by atoms with Crippen LogP contribution < -0.4 is 5.32 Å². The summed E-state index contributed by atoms with van der Waals surface area (Å²) in [5, 5.41) is 32.7. The number of aromatic nitrogens is 2. The van der Waals surface area contributed by atoms with E-state index in [1.807, 2.05) is 42.7 Å². The molecular weight excluding hydrogens is 525 g/mol. The summed E-state index contributed by atoms with van der Waals surface area (Å²) in [6.07, 6.45) is 0.756. The molecule has 0 aliphatic heterocycles. The second-order valence-corrected chi connectivity index (χ2v) is 10.3. The van der Waals surface area contributed by atoms with Gasteiger partial charge in [-0.2, -0.15) is 0 Å². The first-order valence-corrected chi connectivity index (χ1v) is 13.5. The second kappa shape index (κ2) is 13.3. The molecule has 1 amide bonds. The minimum atomic E-state index is -1.19. The van der Waals surface area contributed by atoms with Crippen LogP contribution in [0.2, 0.25) is 0 Å². The highest BCUT2D eigenvalue weighted by atomic mass is 19.1. The van der Waals surface area contributed by atoms with Crippen molar-refractivity contribution in [2.24, 2.45) is 0 Å². The molecule has 0 saturated carbocycles. The van der Waals surface area contributed by atoms with Gasteiger partial charge in [-0.3, -0.25) is 14.6 Å². The van der Waals surface area contributed by atoms with E-state index in [0.29, 0.717) is 33.6 Å². The zero-order valence-corrected chi connectivity index (χ0v) is 23.0. The number of carboxylic acid groups (broad SMARTS) is 1. The molecule has 41 heavy (non-hydrogen) atoms. The van der Waals surface area contributed by atoms with Crippen molar-refractivity contribution in [1.82, 2.24) is 9.55 Å². The van der Waals surface area contributed by atoms with Crippen LogP contribution in [0, 0.1) is 5.82 Å². The largest absolute Gasteiger partial charge is 0.481 e. The van der Waals surface area contributed by atoms with E-state index in [0.717, 1.165) is 5.69 Å². The van der Waals surface area contributed by atoms with Gasteiger partial charge >= 0.3 is 5.97 Å². The normalized spacial score (nSPS) is 12.7. The maximum atomic E-state index is 14.0. The number of rotatable bonds is 12. The molecule has 0 radical (unpaired) electrons. The number of anilines is 1. The second-order valence-electron chi connectivity index (χ2n) is 10.3. The number of carboxylic acids is 1. The Morgan fingerprint density at radius 1 is 0.951 bits per heavy atom. The lowest BCUT2D eigenvalue weighted by molar-refractivity contribution is -0.139. The highest BCUT2D eigenvalue weighted by Crippen LogP contribution is 2.42. The van der Waals surface area contributed by atoms with Gasteiger partial charge in [0.2, 0.25) is 0 Å². The van der Waals surface area contributed by atoms with Gasteiger partial charge in [-0.25, -0.2) is 4.39 Å². The first-order valence-electron chi connectivity index (χ1n) is 13.5. The maximum absolute atomic E-state index is 14.0. The molecular formula is C32H34FN3O5. The number of benzene rings is 2. The van der Waals surface area contributed by atoms with Crippen LogP contribution in [-0.2, 0) is 11.3 Å². The molecule has 2 atom stereocenters. The van der Waals surface area contributed by atoms with Gasteiger partial charge in [0.05, 0.1) is 29.9 Å². The zero-order chi connectivity index (χ0) is 29.5. The Morgan fingerprint density at radius 2 is 1.66 bits per heavy atom. The molecule has 0 aliphatic rings. The van der Waals surface area contributed by atoms with Crippen molar-refractivity contribution in [2.75, 3.05) is 5.32 Å². The number of hydrogen-bond donors (Lipinski definition) is 4. The average molecular weight is 560 g/mol. The van der Waals surface area contributed by atoms with Gasteiger partial charge in [0.15, 0.2) is 0 Å². The monoisotopic (exact) mass is 559 g/mol. The van der Waals surface area contributed by atoms with Crippen molar-refractivity contribution < 1.29 is 29.3 Å². The number of hydrogen-bond acceptors (Lipinski definition) is 5. The first kappa shape index (κ1) is 29.6. The lowest BCUT2D eigenvalue weighted by atomic mass is 9.95. The number of para-hydroxylation sites is 1. The van der Waals surface area contributed by atoms with Crippen molar-refractivity contribution in [3.63, 3.8) is 0 Å². The fourth-order valence-corrected chi connectivity index (χ4v) is 5.11. The summed E-state index contributed by atoms with van der Waals surface area (Å²) in [4.78, 5) is 29.3. The van der Waals surface area contributed by atoms with Crippen LogP contribution >= 0.6 is 0 Å². The van der Waals surface area contributed by atoms with E-state index >= 15 is 0 Å². The lowest BCUT2D eigenvalue weighted by Crippen LogP contribution is -2.22. The Labute approximate surface area is 238 Å². The number of halogens is 1. The fraction of sp³-hybridized carbons (Fsp3) is 0.281. The molecule has 0 fully saturated rings. The quantitative estimate of drug-likeness (QED) is 0.176. The van der Waals surface area contributed by atoms with Crippen LogP contribution in [0.25, 0.3) is 22.4 Å². The summed E-state index contributed by atoms with van der Waals surface area (Å²) in [5.74, 6) is -2.00. The van der Waals surface area contributed by atoms with Crippen LogP contribution in [0.5, 0.6) is 0 Å². The van der Waals surface area contributed by atoms with Crippen molar-refractivity contribution in [1.29, 1.82) is 0 Å². The number of pyridine rings is 1. The van der Waals surface area contributed by atoms with Crippen molar-refractivity contribution >= 4 is 17.6 Å². The number of carbonyl (C=O) groups is 2. The van der Waals surface area contributed by atoms with E-state index in [1.165, 1.54) is 12.1 Å². The Morgan fingerprint density at radius 3 is 2.27 bits per heavy atom. The molecule has 2 heterocycles. The van der Waals surface area contributed by atoms with E-state index in [4.69, 9.17) is 5.11 Å². The Balaban J connectivity index is 1.89. The van der Waals surface area contributed by atoms with E-state index in [2.05, 4.69) is 10.3 Å². The number of nitrogens with zero attached hydrogens (tertiary/aromatic N) is 2. The third kappa shape index (κ3) is 7.25. The lowest BCUT2D eigenvalue weighted by Gasteiger charge is -2.20. The summed E-state index contributed by atoms with van der Waals surface area (Å²) in [5.41, 5.74) is 4.45. The molecule has 2 aromatic carbocycles. The maximum Gasteiger partial charge on any atom is 0.305 e. The molecule has 4 N–H and O–H groups in total. The molecule has 4 rings (SSSR count). The molecule has 0 unspecified atom stereocenters. The molecule has 0 spiro atoms. The van der Waals surface area contributed by atoms with E-state index < -0.39 is 30.4 Å². The summed E-state index contributed by atoms with van der Waals surface area (Å²) in [7, 11) is 0. The molecule has 9 heteroatoms. The van der Waals surface area contributed by atoms with Gasteiger partial charge in [0, 0.05) is 41.4 Å². The predicted molar refractivity (Wildman–Crippen MR) is 155 cm³/mol. The van der Waals surface area contributed by atoms with Gasteiger partial charge in [0.1, 0.15) is 5.82 Å². The smallest absolute Gasteiger partial charge is 0.305 e. The van der Waals surface area contributed by atoms with E-state index in [-0.39, 0.29) is 31.2 Å². The highest BCUT2D eigenvalue weighted by molar-refractivity contribution is 6.12. The SMILES string of the molecule is CC(C)c1c(C(=O)Nc2ccccc2)c(-c2cccnc2)c(-c2ccc(F)cc2)n1CC[C@@H](O)C[C@@H](O)CC(=O)O. The molecule has 0 bridgehead atoms. The number of aliphatic carboxylic acids is 1. The number of carbonyl (C=O) groups excluding carboxylic acids is 1. The molecule has 0 aliphatic carbocycles. The Hall–Kier alpha value is -4.34. The van der Waals surface area contributed by atoms with Crippen LogP contribution in [-0.4, -0.2) is 49.0 Å². The van der Waals surface area contributed by atoms with Crippen molar-refractivity contribution in [3.8, 4) is 22.4 Å². The molecule has 0 saturated heterocycles.